The summed E-state index contributed by atoms with van der Waals surface area (Å²) in [5.41, 5.74) is 0.999. The van der Waals surface area contributed by atoms with E-state index in [4.69, 9.17) is 16.3 Å². The van der Waals surface area contributed by atoms with Gasteiger partial charge in [-0.15, -0.1) is 11.3 Å². The first-order chi connectivity index (χ1) is 8.28. The molecule has 2 aromatic heterocycles. The minimum atomic E-state index is 0.532. The van der Waals surface area contributed by atoms with Crippen LogP contribution in [0.1, 0.15) is 10.6 Å². The largest absolute Gasteiger partial charge is 0.486 e. The zero-order valence-corrected chi connectivity index (χ0v) is 11.0. The fraction of sp³-hybridized carbons (Fsp3) is 0.250. The van der Waals surface area contributed by atoms with Crippen LogP contribution >= 0.6 is 22.9 Å². The Morgan fingerprint density at radius 2 is 2.24 bits per heavy atom. The van der Waals surface area contributed by atoms with E-state index in [0.717, 1.165) is 27.2 Å². The van der Waals surface area contributed by atoms with Gasteiger partial charge in [-0.2, -0.15) is 0 Å². The van der Waals surface area contributed by atoms with Crippen LogP contribution in [0.2, 0.25) is 4.34 Å². The second-order valence-corrected chi connectivity index (χ2v) is 5.31. The lowest BCUT2D eigenvalue weighted by Gasteiger charge is -2.05. The highest BCUT2D eigenvalue weighted by Gasteiger charge is 2.00. The molecule has 17 heavy (non-hydrogen) atoms. The SMILES string of the molecule is CNCc1ccc(OCc2ccc(Cl)s2)cn1. The van der Waals surface area contributed by atoms with Crippen molar-refractivity contribution in [1.82, 2.24) is 10.3 Å². The van der Waals surface area contributed by atoms with E-state index in [0.29, 0.717) is 6.61 Å². The molecule has 5 heteroatoms. The molecule has 0 atom stereocenters. The second-order valence-electron chi connectivity index (χ2n) is 3.51. The molecule has 0 fully saturated rings. The molecule has 90 valence electrons. The minimum Gasteiger partial charge on any atom is -0.486 e. The van der Waals surface area contributed by atoms with Gasteiger partial charge in [-0.1, -0.05) is 11.6 Å². The van der Waals surface area contributed by atoms with Crippen LogP contribution in [0.25, 0.3) is 0 Å². The smallest absolute Gasteiger partial charge is 0.138 e. The molecule has 0 aromatic carbocycles. The normalized spacial score (nSPS) is 10.5. The van der Waals surface area contributed by atoms with E-state index in [1.54, 1.807) is 6.20 Å². The van der Waals surface area contributed by atoms with Crippen LogP contribution in [0.5, 0.6) is 5.75 Å². The van der Waals surface area contributed by atoms with Crippen molar-refractivity contribution in [2.75, 3.05) is 7.05 Å². The molecule has 0 unspecified atom stereocenters. The van der Waals surface area contributed by atoms with Gasteiger partial charge in [-0.05, 0) is 31.3 Å². The maximum atomic E-state index is 5.84. The Kier molecular flexibility index (Phi) is 4.36. The number of pyridine rings is 1. The van der Waals surface area contributed by atoms with Gasteiger partial charge in [0, 0.05) is 11.4 Å². The van der Waals surface area contributed by atoms with Crippen LogP contribution < -0.4 is 10.1 Å². The number of thiophene rings is 1. The van der Waals surface area contributed by atoms with Crippen molar-refractivity contribution >= 4 is 22.9 Å². The summed E-state index contributed by atoms with van der Waals surface area (Å²) in [4.78, 5) is 5.38. The molecule has 2 heterocycles. The molecule has 0 spiro atoms. The van der Waals surface area contributed by atoms with Crippen molar-refractivity contribution in [2.24, 2.45) is 0 Å². The first kappa shape index (κ1) is 12.4. The lowest BCUT2D eigenvalue weighted by atomic mass is 10.3. The van der Waals surface area contributed by atoms with Crippen LogP contribution in [-0.2, 0) is 13.2 Å². The maximum absolute atomic E-state index is 5.84. The van der Waals surface area contributed by atoms with E-state index in [9.17, 15) is 0 Å². The fourth-order valence-corrected chi connectivity index (χ4v) is 2.37. The molecular formula is C12H13ClN2OS. The molecule has 0 radical (unpaired) electrons. The summed E-state index contributed by atoms with van der Waals surface area (Å²) < 4.78 is 6.39. The average molecular weight is 269 g/mol. The summed E-state index contributed by atoms with van der Waals surface area (Å²) in [5.74, 6) is 0.773. The number of hydrogen-bond acceptors (Lipinski definition) is 4. The molecule has 2 rings (SSSR count). The number of ether oxygens (including phenoxy) is 1. The van der Waals surface area contributed by atoms with Crippen LogP contribution in [0.15, 0.2) is 30.5 Å². The molecule has 0 aliphatic carbocycles. The molecule has 3 nitrogen and oxygen atoms in total. The number of hydrogen-bond donors (Lipinski definition) is 1. The highest BCUT2D eigenvalue weighted by Crippen LogP contribution is 2.22. The van der Waals surface area contributed by atoms with E-state index in [2.05, 4.69) is 10.3 Å². The van der Waals surface area contributed by atoms with Gasteiger partial charge < -0.3 is 10.1 Å². The third kappa shape index (κ3) is 3.70. The molecule has 1 N–H and O–H groups in total. The van der Waals surface area contributed by atoms with E-state index in [-0.39, 0.29) is 0 Å². The van der Waals surface area contributed by atoms with Gasteiger partial charge in [0.15, 0.2) is 0 Å². The minimum absolute atomic E-state index is 0.532. The molecule has 0 aliphatic heterocycles. The fourth-order valence-electron chi connectivity index (χ4n) is 1.37. The number of aromatic nitrogens is 1. The molecule has 0 saturated carbocycles. The van der Waals surface area contributed by atoms with Gasteiger partial charge in [0.25, 0.3) is 0 Å². The van der Waals surface area contributed by atoms with Crippen LogP contribution in [0.3, 0.4) is 0 Å². The quantitative estimate of drug-likeness (QED) is 0.905. The van der Waals surface area contributed by atoms with Crippen molar-refractivity contribution in [3.63, 3.8) is 0 Å². The molecule has 0 bridgehead atoms. The van der Waals surface area contributed by atoms with Gasteiger partial charge in [0.05, 0.1) is 16.2 Å². The zero-order chi connectivity index (χ0) is 12.1. The van der Waals surface area contributed by atoms with E-state index in [1.165, 1.54) is 11.3 Å². The third-order valence-electron chi connectivity index (χ3n) is 2.17. The standard InChI is InChI=1S/C12H13ClN2OS/c1-14-6-9-2-3-10(7-15-9)16-8-11-4-5-12(13)17-11/h2-5,7,14H,6,8H2,1H3. The molecule has 0 saturated heterocycles. The number of halogens is 1. The van der Waals surface area contributed by atoms with Crippen LogP contribution in [0.4, 0.5) is 0 Å². The Hall–Kier alpha value is -1.10. The van der Waals surface area contributed by atoms with Crippen molar-refractivity contribution < 1.29 is 4.74 Å². The average Bonchev–Trinajstić information content (AvgIpc) is 2.75. The van der Waals surface area contributed by atoms with E-state index >= 15 is 0 Å². The molecule has 0 aliphatic rings. The Morgan fingerprint density at radius 3 is 2.82 bits per heavy atom. The first-order valence-electron chi connectivity index (χ1n) is 5.24. The van der Waals surface area contributed by atoms with Gasteiger partial charge in [-0.25, -0.2) is 0 Å². The number of nitrogens with one attached hydrogen (secondary N) is 1. The van der Waals surface area contributed by atoms with Crippen molar-refractivity contribution in [2.45, 2.75) is 13.2 Å². The third-order valence-corrected chi connectivity index (χ3v) is 3.37. The lowest BCUT2D eigenvalue weighted by Crippen LogP contribution is -2.06. The summed E-state index contributed by atoms with van der Waals surface area (Å²) >= 11 is 7.37. The highest BCUT2D eigenvalue weighted by molar-refractivity contribution is 7.16. The highest BCUT2D eigenvalue weighted by atomic mass is 35.5. The maximum Gasteiger partial charge on any atom is 0.138 e. The summed E-state index contributed by atoms with van der Waals surface area (Å²) in [5, 5.41) is 3.05. The lowest BCUT2D eigenvalue weighted by molar-refractivity contribution is 0.308. The van der Waals surface area contributed by atoms with Gasteiger partial charge in [0.2, 0.25) is 0 Å². The van der Waals surface area contributed by atoms with Crippen LogP contribution in [0, 0.1) is 0 Å². The second kappa shape index (κ2) is 6.00. The Balaban J connectivity index is 1.90. The number of nitrogens with zero attached hydrogens (tertiary/aromatic N) is 1. The summed E-state index contributed by atoms with van der Waals surface area (Å²) in [6.07, 6.45) is 1.74. The summed E-state index contributed by atoms with van der Waals surface area (Å²) in [6.45, 7) is 1.30. The zero-order valence-electron chi connectivity index (χ0n) is 9.44. The Bertz CT molecular complexity index is 470. The first-order valence-corrected chi connectivity index (χ1v) is 6.44. The molecular weight excluding hydrogens is 256 g/mol. The Labute approximate surface area is 109 Å². The van der Waals surface area contributed by atoms with E-state index in [1.807, 2.05) is 31.3 Å². The van der Waals surface area contributed by atoms with E-state index < -0.39 is 0 Å². The Morgan fingerprint density at radius 1 is 1.35 bits per heavy atom. The molecule has 2 aromatic rings. The van der Waals surface area contributed by atoms with Gasteiger partial charge in [0.1, 0.15) is 12.4 Å². The summed E-state index contributed by atoms with van der Waals surface area (Å²) in [7, 11) is 1.90. The predicted octanol–water partition coefficient (Wildman–Crippen LogP) is 3.09. The van der Waals surface area contributed by atoms with Gasteiger partial charge >= 0.3 is 0 Å². The molecule has 0 amide bonds. The number of rotatable bonds is 5. The topological polar surface area (TPSA) is 34.1 Å². The van der Waals surface area contributed by atoms with Crippen molar-refractivity contribution in [3.8, 4) is 5.75 Å². The summed E-state index contributed by atoms with van der Waals surface area (Å²) in [6, 6.07) is 7.72. The van der Waals surface area contributed by atoms with Crippen molar-refractivity contribution in [3.05, 3.63) is 45.4 Å². The van der Waals surface area contributed by atoms with Crippen LogP contribution in [-0.4, -0.2) is 12.0 Å². The van der Waals surface area contributed by atoms with Crippen molar-refractivity contribution in [1.29, 1.82) is 0 Å². The van der Waals surface area contributed by atoms with Gasteiger partial charge in [-0.3, -0.25) is 4.98 Å². The predicted molar refractivity (Wildman–Crippen MR) is 70.7 cm³/mol. The monoisotopic (exact) mass is 268 g/mol.